The molecule has 0 atom stereocenters. The number of rotatable bonds is 6. The zero-order chi connectivity index (χ0) is 38.9. The molecule has 282 valence electrons. The van der Waals surface area contributed by atoms with Crippen molar-refractivity contribution in [1.82, 2.24) is 0 Å². The Morgan fingerprint density at radius 1 is 0.458 bits per heavy atom. The lowest BCUT2D eigenvalue weighted by Crippen LogP contribution is -2.57. The van der Waals surface area contributed by atoms with E-state index in [2.05, 4.69) is 175 Å². The first-order chi connectivity index (χ1) is 29.2. The van der Waals surface area contributed by atoms with Crippen molar-refractivity contribution in [2.45, 2.75) is 38.0 Å². The van der Waals surface area contributed by atoms with Gasteiger partial charge in [-0.3, -0.25) is 0 Å². The van der Waals surface area contributed by atoms with Crippen molar-refractivity contribution in [3.8, 4) is 45.3 Å². The third-order valence-corrected chi connectivity index (χ3v) is 12.8. The highest BCUT2D eigenvalue weighted by atomic mass is 16.5. The maximum absolute atomic E-state index is 7.11. The van der Waals surface area contributed by atoms with Gasteiger partial charge in [0.15, 0.2) is 5.58 Å². The predicted octanol–water partition coefficient (Wildman–Crippen LogP) is 13.2. The minimum Gasteiger partial charge on any atom is -0.458 e. The van der Waals surface area contributed by atoms with Gasteiger partial charge in [-0.1, -0.05) is 153 Å². The summed E-state index contributed by atoms with van der Waals surface area (Å²) in [6, 6.07) is 62.8. The van der Waals surface area contributed by atoms with Crippen molar-refractivity contribution in [2.24, 2.45) is 0 Å². The topological polar surface area (TPSA) is 34.8 Å². The van der Waals surface area contributed by atoms with Crippen molar-refractivity contribution in [1.29, 1.82) is 0 Å². The molecule has 4 nitrogen and oxygen atoms in total. The quantitative estimate of drug-likeness (QED) is 0.158. The van der Waals surface area contributed by atoms with Gasteiger partial charge in [0.1, 0.15) is 28.6 Å². The summed E-state index contributed by atoms with van der Waals surface area (Å²) in [4.78, 5) is 2.40. The monoisotopic (exact) mass is 761 g/mol. The molecule has 1 saturated carbocycles. The number of benzene rings is 8. The number of hydrogen-bond donors (Lipinski definition) is 0. The van der Waals surface area contributed by atoms with Crippen molar-refractivity contribution in [3.05, 3.63) is 181 Å². The zero-order valence-corrected chi connectivity index (χ0v) is 32.6. The molecule has 1 fully saturated rings. The van der Waals surface area contributed by atoms with Crippen LogP contribution < -0.4 is 30.8 Å². The Balaban J connectivity index is 1.10. The van der Waals surface area contributed by atoms with Crippen LogP contribution in [0.5, 0.6) is 23.0 Å². The summed E-state index contributed by atoms with van der Waals surface area (Å²) in [5.74, 6) is 3.79. The van der Waals surface area contributed by atoms with Crippen LogP contribution in [0.15, 0.2) is 180 Å². The van der Waals surface area contributed by atoms with Crippen LogP contribution >= 0.6 is 0 Å². The predicted molar refractivity (Wildman–Crippen MR) is 243 cm³/mol. The second-order valence-corrected chi connectivity index (χ2v) is 16.2. The standard InChI is InChI=1S/C54H40BNO3/c1-4-15-35(16-5-1)38-27-29-44-49(31-38)57-51-33-40(34-52-53(51)55(44)45-30-28-39(32-50(45)58-52)36-17-6-2-7-18-36)56(46-24-12-10-21-41(46)37-19-8-3-9-20-37)47-25-14-23-43-42-22-11-13-26-48(42)59-54(43)47/h1-2,4-7,10-18,21-34,37H,3,8-9,19-20H2. The number of fused-ring (bicyclic) bond motifs is 7. The Morgan fingerprint density at radius 2 is 1.03 bits per heavy atom. The summed E-state index contributed by atoms with van der Waals surface area (Å²) < 4.78 is 21.0. The Morgan fingerprint density at radius 3 is 1.71 bits per heavy atom. The van der Waals surface area contributed by atoms with E-state index in [4.69, 9.17) is 13.9 Å². The van der Waals surface area contributed by atoms with Gasteiger partial charge in [-0.25, -0.2) is 0 Å². The molecule has 3 heterocycles. The van der Waals surface area contributed by atoms with E-state index in [-0.39, 0.29) is 6.71 Å². The Kier molecular flexibility index (Phi) is 8.00. The van der Waals surface area contributed by atoms with Crippen LogP contribution in [0.4, 0.5) is 17.1 Å². The summed E-state index contributed by atoms with van der Waals surface area (Å²) in [6.07, 6.45) is 6.16. The summed E-state index contributed by atoms with van der Waals surface area (Å²) >= 11 is 0. The Bertz CT molecular complexity index is 2940. The SMILES string of the molecule is c1ccc(-c2ccc3c(c2)Oc2cc(N(c4ccccc4C4CCCCC4)c4cccc5c4oc4ccccc45)cc4c2B3c2ccc(-c3ccccc3)cc2O4)cc1. The molecule has 1 aliphatic carbocycles. The van der Waals surface area contributed by atoms with Crippen LogP contribution in [0.3, 0.4) is 0 Å². The number of ether oxygens (including phenoxy) is 2. The number of anilines is 3. The van der Waals surface area contributed by atoms with Gasteiger partial charge < -0.3 is 18.8 Å². The number of nitrogens with zero attached hydrogens (tertiary/aromatic N) is 1. The molecule has 9 aromatic rings. The molecule has 0 amide bonds. The molecule has 8 aromatic carbocycles. The molecule has 0 unspecified atom stereocenters. The van der Waals surface area contributed by atoms with E-state index in [1.807, 2.05) is 6.07 Å². The fourth-order valence-corrected chi connectivity index (χ4v) is 9.99. The summed E-state index contributed by atoms with van der Waals surface area (Å²) in [5.41, 5.74) is 14.1. The molecule has 0 N–H and O–H groups in total. The van der Waals surface area contributed by atoms with Crippen LogP contribution in [0.25, 0.3) is 44.2 Å². The van der Waals surface area contributed by atoms with Crippen molar-refractivity contribution in [3.63, 3.8) is 0 Å². The highest BCUT2D eigenvalue weighted by Crippen LogP contribution is 2.49. The highest BCUT2D eigenvalue weighted by Gasteiger charge is 2.41. The fraction of sp³-hybridized carbons (Fsp3) is 0.111. The van der Waals surface area contributed by atoms with E-state index in [0.29, 0.717) is 5.92 Å². The average molecular weight is 762 g/mol. The highest BCUT2D eigenvalue weighted by molar-refractivity contribution is 6.98. The van der Waals surface area contributed by atoms with E-state index >= 15 is 0 Å². The largest absolute Gasteiger partial charge is 0.458 e. The van der Waals surface area contributed by atoms with E-state index < -0.39 is 0 Å². The van der Waals surface area contributed by atoms with Gasteiger partial charge >= 0.3 is 0 Å². The minimum atomic E-state index is -0.0713. The second kappa shape index (κ2) is 13.8. The lowest BCUT2D eigenvalue weighted by atomic mass is 9.34. The third-order valence-electron chi connectivity index (χ3n) is 12.8. The van der Waals surface area contributed by atoms with Gasteiger partial charge in [-0.2, -0.15) is 0 Å². The van der Waals surface area contributed by atoms with Gasteiger partial charge in [0, 0.05) is 34.1 Å². The first-order valence-electron chi connectivity index (χ1n) is 21.0. The molecule has 12 rings (SSSR count). The first-order valence-corrected chi connectivity index (χ1v) is 21.0. The lowest BCUT2D eigenvalue weighted by molar-refractivity contribution is 0.444. The zero-order valence-electron chi connectivity index (χ0n) is 32.6. The van der Waals surface area contributed by atoms with Crippen molar-refractivity contribution >= 4 is 62.1 Å². The van der Waals surface area contributed by atoms with E-state index in [9.17, 15) is 0 Å². The van der Waals surface area contributed by atoms with Crippen LogP contribution in [0.1, 0.15) is 43.6 Å². The summed E-state index contributed by atoms with van der Waals surface area (Å²) in [7, 11) is 0. The molecule has 1 aromatic heterocycles. The number of para-hydroxylation sites is 3. The number of furan rings is 1. The van der Waals surface area contributed by atoms with Gasteiger partial charge in [0.05, 0.1) is 11.4 Å². The average Bonchev–Trinajstić information content (AvgIpc) is 3.69. The molecule has 0 radical (unpaired) electrons. The fourth-order valence-electron chi connectivity index (χ4n) is 9.99. The Labute approximate surface area is 344 Å². The minimum absolute atomic E-state index is 0.0713. The van der Waals surface area contributed by atoms with Gasteiger partial charge in [0.2, 0.25) is 0 Å². The second-order valence-electron chi connectivity index (χ2n) is 16.2. The molecule has 2 aliphatic heterocycles. The van der Waals surface area contributed by atoms with Gasteiger partial charge in [-0.15, -0.1) is 0 Å². The van der Waals surface area contributed by atoms with Crippen LogP contribution in [0, 0.1) is 0 Å². The van der Waals surface area contributed by atoms with Crippen LogP contribution in [-0.2, 0) is 0 Å². The van der Waals surface area contributed by atoms with Crippen molar-refractivity contribution in [2.75, 3.05) is 4.90 Å². The molecule has 5 heteroatoms. The van der Waals surface area contributed by atoms with E-state index in [1.54, 1.807) is 0 Å². The molecule has 0 bridgehead atoms. The molecule has 0 spiro atoms. The molecular weight excluding hydrogens is 721 g/mol. The number of hydrogen-bond acceptors (Lipinski definition) is 4. The maximum atomic E-state index is 7.11. The summed E-state index contributed by atoms with van der Waals surface area (Å²) in [6.45, 7) is -0.0713. The third kappa shape index (κ3) is 5.67. The van der Waals surface area contributed by atoms with Gasteiger partial charge in [-0.05, 0) is 87.8 Å². The smallest absolute Gasteiger partial charge is 0.260 e. The van der Waals surface area contributed by atoms with Crippen LogP contribution in [-0.4, -0.2) is 6.71 Å². The Hall–Kier alpha value is -6.98. The van der Waals surface area contributed by atoms with Crippen molar-refractivity contribution < 1.29 is 13.9 Å². The molecule has 3 aliphatic rings. The first kappa shape index (κ1) is 34.1. The van der Waals surface area contributed by atoms with Gasteiger partial charge in [0.25, 0.3) is 6.71 Å². The normalized spacial score (nSPS) is 14.3. The lowest BCUT2D eigenvalue weighted by Gasteiger charge is -2.36. The molecule has 59 heavy (non-hydrogen) atoms. The summed E-state index contributed by atoms with van der Waals surface area (Å²) in [5, 5.41) is 2.20. The molecule has 0 saturated heterocycles. The van der Waals surface area contributed by atoms with E-state index in [1.165, 1.54) is 37.7 Å². The maximum Gasteiger partial charge on any atom is 0.260 e. The van der Waals surface area contributed by atoms with E-state index in [0.717, 1.165) is 101 Å². The molecular formula is C54H40BNO3. The van der Waals surface area contributed by atoms with Crippen LogP contribution in [0.2, 0.25) is 0 Å².